The van der Waals surface area contributed by atoms with Crippen LogP contribution in [-0.4, -0.2) is 9.97 Å². The van der Waals surface area contributed by atoms with E-state index in [0.29, 0.717) is 18.3 Å². The Morgan fingerprint density at radius 3 is 2.56 bits per heavy atom. The predicted molar refractivity (Wildman–Crippen MR) is 140 cm³/mol. The zero-order valence-electron chi connectivity index (χ0n) is 20.5. The second-order valence-electron chi connectivity index (χ2n) is 10.5. The number of hydrogen-bond donors (Lipinski definition) is 1. The van der Waals surface area contributed by atoms with E-state index >= 15 is 0 Å². The summed E-state index contributed by atoms with van der Waals surface area (Å²) in [4.78, 5) is 21.8. The maximum absolute atomic E-state index is 13.6. The van der Waals surface area contributed by atoms with E-state index < -0.39 is 0 Å². The molecule has 2 aromatic carbocycles. The van der Waals surface area contributed by atoms with E-state index in [-0.39, 0.29) is 11.0 Å². The van der Waals surface area contributed by atoms with Crippen molar-refractivity contribution < 1.29 is 0 Å². The van der Waals surface area contributed by atoms with Gasteiger partial charge in [-0.3, -0.25) is 4.79 Å². The summed E-state index contributed by atoms with van der Waals surface area (Å²) in [5.41, 5.74) is 5.58. The number of fused-ring (bicyclic) bond motifs is 3. The van der Waals surface area contributed by atoms with Crippen molar-refractivity contribution in [3.8, 4) is 11.3 Å². The van der Waals surface area contributed by atoms with Crippen LogP contribution in [0.4, 0.5) is 0 Å². The molecule has 1 fully saturated rings. The molecule has 3 nitrogen and oxygen atoms in total. The largest absolute Gasteiger partial charge is 0.310 e. The Morgan fingerprint density at radius 1 is 1.03 bits per heavy atom. The molecule has 34 heavy (non-hydrogen) atoms. The molecular weight excluding hydrogens is 416 g/mol. The fourth-order valence-corrected chi connectivity index (χ4v) is 6.23. The Balaban J connectivity index is 1.43. The molecule has 176 valence electrons. The Hall–Kier alpha value is -2.94. The summed E-state index contributed by atoms with van der Waals surface area (Å²) in [6, 6.07) is 19.2. The van der Waals surface area contributed by atoms with Gasteiger partial charge in [0.2, 0.25) is 0 Å². The third-order valence-electron chi connectivity index (χ3n) is 8.21. The quantitative estimate of drug-likeness (QED) is 0.405. The third kappa shape index (κ3) is 4.41. The van der Waals surface area contributed by atoms with Gasteiger partial charge in [-0.2, -0.15) is 0 Å². The summed E-state index contributed by atoms with van der Waals surface area (Å²) >= 11 is 0. The van der Waals surface area contributed by atoms with Crippen LogP contribution in [0.15, 0.2) is 71.5 Å². The highest BCUT2D eigenvalue weighted by Crippen LogP contribution is 2.48. The smallest absolute Gasteiger partial charge is 0.255 e. The van der Waals surface area contributed by atoms with E-state index in [1.807, 2.05) is 0 Å². The van der Waals surface area contributed by atoms with Gasteiger partial charge >= 0.3 is 0 Å². The SMILES string of the molecule is CC(CC=CCc1nc2c(c(=O)[nH]1)C(C)(C1CCCCC1)Cc1ccccc1-2)c1ccccc1. The molecule has 5 rings (SSSR count). The van der Waals surface area contributed by atoms with Crippen LogP contribution >= 0.6 is 0 Å². The van der Waals surface area contributed by atoms with E-state index in [1.165, 1.54) is 43.2 Å². The van der Waals surface area contributed by atoms with Crippen molar-refractivity contribution in [3.05, 3.63) is 99.6 Å². The topological polar surface area (TPSA) is 45.8 Å². The fourth-order valence-electron chi connectivity index (χ4n) is 6.23. The number of nitrogens with zero attached hydrogens (tertiary/aromatic N) is 1. The van der Waals surface area contributed by atoms with Crippen LogP contribution in [0.3, 0.4) is 0 Å². The van der Waals surface area contributed by atoms with Gasteiger partial charge in [0, 0.05) is 17.4 Å². The molecule has 2 atom stereocenters. The van der Waals surface area contributed by atoms with E-state index in [0.717, 1.165) is 35.5 Å². The first-order chi connectivity index (χ1) is 16.6. The van der Waals surface area contributed by atoms with Gasteiger partial charge in [-0.15, -0.1) is 0 Å². The molecule has 0 bridgehead atoms. The lowest BCUT2D eigenvalue weighted by molar-refractivity contribution is 0.213. The molecule has 0 amide bonds. The number of rotatable bonds is 6. The van der Waals surface area contributed by atoms with E-state index in [1.54, 1.807) is 0 Å². The van der Waals surface area contributed by atoms with Crippen molar-refractivity contribution in [1.82, 2.24) is 9.97 Å². The van der Waals surface area contributed by atoms with Crippen LogP contribution in [0, 0.1) is 5.92 Å². The minimum Gasteiger partial charge on any atom is -0.310 e. The van der Waals surface area contributed by atoms with Gasteiger partial charge in [0.05, 0.1) is 11.3 Å². The molecule has 0 radical (unpaired) electrons. The molecule has 0 saturated heterocycles. The minimum absolute atomic E-state index is 0.0635. The Morgan fingerprint density at radius 2 is 1.76 bits per heavy atom. The lowest BCUT2D eigenvalue weighted by atomic mass is 9.60. The number of hydrogen-bond acceptors (Lipinski definition) is 2. The Bertz CT molecular complexity index is 1220. The summed E-state index contributed by atoms with van der Waals surface area (Å²) in [5.74, 6) is 1.77. The Labute approximate surface area is 203 Å². The van der Waals surface area contributed by atoms with Crippen molar-refractivity contribution in [1.29, 1.82) is 0 Å². The maximum atomic E-state index is 13.6. The van der Waals surface area contributed by atoms with Gasteiger partial charge in [0.25, 0.3) is 5.56 Å². The molecule has 1 aromatic heterocycles. The van der Waals surface area contributed by atoms with Gasteiger partial charge in [-0.05, 0) is 48.6 Å². The number of aromatic amines is 1. The van der Waals surface area contributed by atoms with E-state index in [4.69, 9.17) is 4.98 Å². The molecule has 2 unspecified atom stereocenters. The zero-order valence-corrected chi connectivity index (χ0v) is 20.5. The van der Waals surface area contributed by atoms with Gasteiger partial charge in [0.15, 0.2) is 0 Å². The van der Waals surface area contributed by atoms with Crippen LogP contribution in [0.2, 0.25) is 0 Å². The minimum atomic E-state index is -0.149. The summed E-state index contributed by atoms with van der Waals surface area (Å²) in [6.45, 7) is 4.57. The third-order valence-corrected chi connectivity index (χ3v) is 8.21. The number of nitrogens with one attached hydrogen (secondary N) is 1. The van der Waals surface area contributed by atoms with Crippen molar-refractivity contribution >= 4 is 0 Å². The first kappa shape index (κ1) is 22.8. The highest BCUT2D eigenvalue weighted by Gasteiger charge is 2.44. The van der Waals surface area contributed by atoms with Gasteiger partial charge < -0.3 is 4.98 Å². The van der Waals surface area contributed by atoms with Crippen LogP contribution in [0.1, 0.15) is 80.8 Å². The zero-order chi connectivity index (χ0) is 23.5. The second kappa shape index (κ2) is 9.74. The van der Waals surface area contributed by atoms with Crippen molar-refractivity contribution in [3.63, 3.8) is 0 Å². The van der Waals surface area contributed by atoms with Crippen molar-refractivity contribution in [2.24, 2.45) is 5.92 Å². The molecular formula is C31H36N2O. The monoisotopic (exact) mass is 452 g/mol. The molecule has 0 spiro atoms. The lowest BCUT2D eigenvalue weighted by Crippen LogP contribution is -2.43. The first-order valence-corrected chi connectivity index (χ1v) is 13.0. The second-order valence-corrected chi connectivity index (χ2v) is 10.5. The van der Waals surface area contributed by atoms with Crippen LogP contribution in [-0.2, 0) is 18.3 Å². The summed E-state index contributed by atoms with van der Waals surface area (Å²) in [5, 5.41) is 0. The van der Waals surface area contributed by atoms with Gasteiger partial charge in [-0.1, -0.05) is 99.9 Å². The molecule has 2 aliphatic rings. The Kier molecular flexibility index (Phi) is 6.54. The normalized spacial score (nSPS) is 21.2. The molecule has 3 heteroatoms. The first-order valence-electron chi connectivity index (χ1n) is 13.0. The highest BCUT2D eigenvalue weighted by atomic mass is 16.1. The average Bonchev–Trinajstić information content (AvgIpc) is 2.87. The summed E-state index contributed by atoms with van der Waals surface area (Å²) in [7, 11) is 0. The van der Waals surface area contributed by atoms with E-state index in [2.05, 4.69) is 85.6 Å². The number of allylic oxidation sites excluding steroid dienone is 2. The lowest BCUT2D eigenvalue weighted by Gasteiger charge is -2.43. The summed E-state index contributed by atoms with van der Waals surface area (Å²) in [6.07, 6.45) is 13.2. The molecule has 1 saturated carbocycles. The number of benzene rings is 2. The number of aromatic nitrogens is 2. The molecule has 3 aromatic rings. The van der Waals surface area contributed by atoms with Crippen molar-refractivity contribution in [2.75, 3.05) is 0 Å². The molecule has 2 aliphatic carbocycles. The van der Waals surface area contributed by atoms with Gasteiger partial charge in [0.1, 0.15) is 5.82 Å². The molecule has 0 aliphatic heterocycles. The van der Waals surface area contributed by atoms with Crippen molar-refractivity contribution in [2.45, 2.75) is 76.5 Å². The highest BCUT2D eigenvalue weighted by molar-refractivity contribution is 5.71. The van der Waals surface area contributed by atoms with Crippen LogP contribution in [0.25, 0.3) is 11.3 Å². The fraction of sp³-hybridized carbons (Fsp3) is 0.419. The standard InChI is InChI=1S/C31H36N2O/c1-22(23-14-5-3-6-15-23)13-9-12-20-27-32-29-26-19-11-10-16-24(26)21-31(2,28(29)30(34)33-27)25-17-7-4-8-18-25/h3,5-6,9-12,14-16,19,22,25H,4,7-8,13,17-18,20-21H2,1-2H3,(H,32,33,34). The maximum Gasteiger partial charge on any atom is 0.255 e. The predicted octanol–water partition coefficient (Wildman–Crippen LogP) is 7.12. The summed E-state index contributed by atoms with van der Waals surface area (Å²) < 4.78 is 0. The average molecular weight is 453 g/mol. The van der Waals surface area contributed by atoms with Gasteiger partial charge in [-0.25, -0.2) is 4.98 Å². The van der Waals surface area contributed by atoms with Crippen LogP contribution in [0.5, 0.6) is 0 Å². The molecule has 1 heterocycles. The van der Waals surface area contributed by atoms with Crippen LogP contribution < -0.4 is 5.56 Å². The van der Waals surface area contributed by atoms with E-state index in [9.17, 15) is 4.79 Å². The molecule has 1 N–H and O–H groups in total. The number of H-pyrrole nitrogens is 1.